The van der Waals surface area contributed by atoms with Gasteiger partial charge in [0, 0.05) is 12.1 Å². The predicted molar refractivity (Wildman–Crippen MR) is 76.7 cm³/mol. The summed E-state index contributed by atoms with van der Waals surface area (Å²) in [6, 6.07) is 7.11. The summed E-state index contributed by atoms with van der Waals surface area (Å²) >= 11 is 0. The normalized spacial score (nSPS) is 23.4. The molecule has 2 N–H and O–H groups in total. The topological polar surface area (TPSA) is 49.3 Å². The number of benzene rings is 1. The second kappa shape index (κ2) is 6.41. The van der Waals surface area contributed by atoms with Gasteiger partial charge in [0.25, 0.3) is 0 Å². The van der Waals surface area contributed by atoms with Crippen LogP contribution in [0.25, 0.3) is 6.08 Å². The van der Waals surface area contributed by atoms with Gasteiger partial charge in [-0.25, -0.2) is 0 Å². The van der Waals surface area contributed by atoms with Crippen molar-refractivity contribution in [2.24, 2.45) is 5.92 Å². The van der Waals surface area contributed by atoms with E-state index in [1.165, 1.54) is 12.8 Å². The number of hydrogen-bond donors (Lipinski definition) is 2. The molecule has 0 spiro atoms. The van der Waals surface area contributed by atoms with Crippen LogP contribution in [-0.2, 0) is 4.79 Å². The van der Waals surface area contributed by atoms with Crippen LogP contribution in [0.15, 0.2) is 30.3 Å². The number of phenols is 1. The number of aromatic hydroxyl groups is 1. The molecule has 0 aromatic heterocycles. The van der Waals surface area contributed by atoms with E-state index >= 15 is 0 Å². The quantitative estimate of drug-likeness (QED) is 0.819. The molecule has 1 amide bonds. The molecule has 1 saturated carbocycles. The summed E-state index contributed by atoms with van der Waals surface area (Å²) < 4.78 is 0. The molecule has 3 nitrogen and oxygen atoms in total. The van der Waals surface area contributed by atoms with Crippen LogP contribution in [0.3, 0.4) is 0 Å². The highest BCUT2D eigenvalue weighted by Crippen LogP contribution is 2.23. The molecule has 3 heteroatoms. The summed E-state index contributed by atoms with van der Waals surface area (Å²) in [4.78, 5) is 11.8. The van der Waals surface area contributed by atoms with E-state index in [1.54, 1.807) is 36.4 Å². The van der Waals surface area contributed by atoms with Gasteiger partial charge in [0.15, 0.2) is 0 Å². The van der Waals surface area contributed by atoms with Gasteiger partial charge in [0.1, 0.15) is 5.75 Å². The molecular formula is C16H21NO2. The van der Waals surface area contributed by atoms with Crippen molar-refractivity contribution in [3.63, 3.8) is 0 Å². The first-order valence-corrected chi connectivity index (χ1v) is 6.91. The van der Waals surface area contributed by atoms with E-state index in [9.17, 15) is 4.79 Å². The van der Waals surface area contributed by atoms with E-state index in [4.69, 9.17) is 5.11 Å². The lowest BCUT2D eigenvalue weighted by Crippen LogP contribution is -2.36. The van der Waals surface area contributed by atoms with Gasteiger partial charge in [-0.1, -0.05) is 19.1 Å². The molecule has 1 aromatic rings. The molecule has 0 radical (unpaired) electrons. The number of amides is 1. The first kappa shape index (κ1) is 13.7. The SMILES string of the molecule is C[C@H]1CC[C@H](NC(=O)/C=C/c2ccc(O)cc2)CC1. The smallest absolute Gasteiger partial charge is 0.244 e. The van der Waals surface area contributed by atoms with Gasteiger partial charge < -0.3 is 10.4 Å². The average Bonchev–Trinajstić information content (AvgIpc) is 2.41. The fourth-order valence-electron chi connectivity index (χ4n) is 2.41. The highest BCUT2D eigenvalue weighted by atomic mass is 16.3. The Morgan fingerprint density at radius 1 is 1.21 bits per heavy atom. The molecule has 19 heavy (non-hydrogen) atoms. The van der Waals surface area contributed by atoms with Crippen LogP contribution in [0.4, 0.5) is 0 Å². The highest BCUT2D eigenvalue weighted by Gasteiger charge is 2.18. The summed E-state index contributed by atoms with van der Waals surface area (Å²) in [5, 5.41) is 12.2. The molecule has 0 atom stereocenters. The molecule has 1 aromatic carbocycles. The molecule has 0 saturated heterocycles. The predicted octanol–water partition coefficient (Wildman–Crippen LogP) is 3.10. The largest absolute Gasteiger partial charge is 0.508 e. The number of carbonyl (C=O) groups is 1. The Morgan fingerprint density at radius 2 is 1.84 bits per heavy atom. The van der Waals surface area contributed by atoms with Crippen LogP contribution in [-0.4, -0.2) is 17.1 Å². The zero-order chi connectivity index (χ0) is 13.7. The van der Waals surface area contributed by atoms with Gasteiger partial charge in [0.05, 0.1) is 0 Å². The maximum Gasteiger partial charge on any atom is 0.244 e. The van der Waals surface area contributed by atoms with Crippen LogP contribution in [0, 0.1) is 5.92 Å². The molecule has 102 valence electrons. The van der Waals surface area contributed by atoms with E-state index in [2.05, 4.69) is 12.2 Å². The van der Waals surface area contributed by atoms with Gasteiger partial charge in [0.2, 0.25) is 5.91 Å². The van der Waals surface area contributed by atoms with Crippen LogP contribution in [0.1, 0.15) is 38.2 Å². The van der Waals surface area contributed by atoms with Gasteiger partial charge in [-0.2, -0.15) is 0 Å². The second-order valence-electron chi connectivity index (χ2n) is 5.39. The number of carbonyl (C=O) groups excluding carboxylic acids is 1. The minimum Gasteiger partial charge on any atom is -0.508 e. The fourth-order valence-corrected chi connectivity index (χ4v) is 2.41. The maximum atomic E-state index is 11.8. The molecule has 0 heterocycles. The lowest BCUT2D eigenvalue weighted by Gasteiger charge is -2.26. The van der Waals surface area contributed by atoms with Crippen LogP contribution < -0.4 is 5.32 Å². The van der Waals surface area contributed by atoms with Crippen molar-refractivity contribution in [2.45, 2.75) is 38.6 Å². The maximum absolute atomic E-state index is 11.8. The minimum atomic E-state index is -0.0346. The average molecular weight is 259 g/mol. The highest BCUT2D eigenvalue weighted by molar-refractivity contribution is 5.91. The third-order valence-electron chi connectivity index (χ3n) is 3.68. The first-order valence-electron chi connectivity index (χ1n) is 6.91. The molecule has 1 aliphatic rings. The van der Waals surface area contributed by atoms with Crippen molar-refractivity contribution in [1.29, 1.82) is 0 Å². The van der Waals surface area contributed by atoms with Crippen LogP contribution in [0.5, 0.6) is 5.75 Å². The third-order valence-corrected chi connectivity index (χ3v) is 3.68. The van der Waals surface area contributed by atoms with Crippen molar-refractivity contribution in [3.8, 4) is 5.75 Å². The summed E-state index contributed by atoms with van der Waals surface area (Å²) in [6.45, 7) is 2.27. The molecular weight excluding hydrogens is 238 g/mol. The van der Waals surface area contributed by atoms with Crippen LogP contribution >= 0.6 is 0 Å². The summed E-state index contributed by atoms with van der Waals surface area (Å²) in [5.41, 5.74) is 0.908. The Morgan fingerprint density at radius 3 is 2.47 bits per heavy atom. The summed E-state index contributed by atoms with van der Waals surface area (Å²) in [6.07, 6.45) is 7.89. The van der Waals surface area contributed by atoms with Gasteiger partial charge in [-0.3, -0.25) is 4.79 Å². The van der Waals surface area contributed by atoms with E-state index in [-0.39, 0.29) is 11.7 Å². The van der Waals surface area contributed by atoms with E-state index in [1.807, 2.05) is 0 Å². The third kappa shape index (κ3) is 4.43. The number of phenolic OH excluding ortho intramolecular Hbond substituents is 1. The molecule has 0 unspecified atom stereocenters. The standard InChI is InChI=1S/C16H21NO2/c1-12-2-7-14(8-3-12)17-16(19)11-6-13-4-9-15(18)10-5-13/h4-6,9-12,14,18H,2-3,7-8H2,1H3,(H,17,19)/b11-6+/t12-,14-. The Balaban J connectivity index is 1.82. The summed E-state index contributed by atoms with van der Waals surface area (Å²) in [5.74, 6) is 0.992. The first-order chi connectivity index (χ1) is 9.13. The molecule has 0 aliphatic heterocycles. The summed E-state index contributed by atoms with van der Waals surface area (Å²) in [7, 11) is 0. The zero-order valence-electron chi connectivity index (χ0n) is 11.3. The van der Waals surface area contributed by atoms with E-state index < -0.39 is 0 Å². The van der Waals surface area contributed by atoms with E-state index in [0.717, 1.165) is 24.3 Å². The number of hydrogen-bond acceptors (Lipinski definition) is 2. The van der Waals surface area contributed by atoms with Crippen molar-refractivity contribution >= 4 is 12.0 Å². The molecule has 0 bridgehead atoms. The number of nitrogens with one attached hydrogen (secondary N) is 1. The lowest BCUT2D eigenvalue weighted by molar-refractivity contribution is -0.117. The molecule has 2 rings (SSSR count). The van der Waals surface area contributed by atoms with E-state index in [0.29, 0.717) is 6.04 Å². The van der Waals surface area contributed by atoms with Gasteiger partial charge in [-0.05, 0) is 55.4 Å². The van der Waals surface area contributed by atoms with Crippen molar-refractivity contribution < 1.29 is 9.90 Å². The Bertz CT molecular complexity index is 442. The van der Waals surface area contributed by atoms with Gasteiger partial charge >= 0.3 is 0 Å². The fraction of sp³-hybridized carbons (Fsp3) is 0.438. The monoisotopic (exact) mass is 259 g/mol. The zero-order valence-corrected chi connectivity index (χ0v) is 11.3. The Labute approximate surface area is 114 Å². The Kier molecular flexibility index (Phi) is 4.61. The molecule has 1 fully saturated rings. The number of rotatable bonds is 3. The van der Waals surface area contributed by atoms with Crippen molar-refractivity contribution in [3.05, 3.63) is 35.9 Å². The van der Waals surface area contributed by atoms with Crippen LogP contribution in [0.2, 0.25) is 0 Å². The Hall–Kier alpha value is -1.77. The minimum absolute atomic E-state index is 0.0346. The lowest BCUT2D eigenvalue weighted by atomic mass is 9.87. The second-order valence-corrected chi connectivity index (χ2v) is 5.39. The van der Waals surface area contributed by atoms with Crippen molar-refractivity contribution in [1.82, 2.24) is 5.32 Å². The van der Waals surface area contributed by atoms with Gasteiger partial charge in [-0.15, -0.1) is 0 Å². The molecule has 1 aliphatic carbocycles. The van der Waals surface area contributed by atoms with Crippen molar-refractivity contribution in [2.75, 3.05) is 0 Å².